The van der Waals surface area contributed by atoms with Crippen molar-refractivity contribution in [2.45, 2.75) is 58.1 Å². The number of hydrogen-bond donors (Lipinski definition) is 1. The molecule has 1 heterocycles. The van der Waals surface area contributed by atoms with Crippen LogP contribution in [0.3, 0.4) is 0 Å². The molecule has 2 aliphatic carbocycles. The average molecular weight is 502 g/mol. The van der Waals surface area contributed by atoms with Crippen molar-refractivity contribution >= 4 is 35.1 Å². The van der Waals surface area contributed by atoms with E-state index in [0.29, 0.717) is 30.0 Å². The average Bonchev–Trinajstić information content (AvgIpc) is 3.66. The fraction of sp³-hybridized carbons (Fsp3) is 0.400. The molecule has 0 saturated heterocycles. The Balaban J connectivity index is 1.57. The van der Waals surface area contributed by atoms with Gasteiger partial charge in [-0.3, -0.25) is 10.3 Å². The van der Waals surface area contributed by atoms with Crippen LogP contribution in [0, 0.1) is 5.92 Å². The number of nitrogens with zero attached hydrogens (tertiary/aromatic N) is 2. The van der Waals surface area contributed by atoms with E-state index in [0.717, 1.165) is 59.2 Å². The number of amides is 1. The van der Waals surface area contributed by atoms with E-state index in [2.05, 4.69) is 33.7 Å². The normalized spacial score (nSPS) is 16.7. The molecule has 2 saturated carbocycles. The molecule has 37 heavy (non-hydrogen) atoms. The molecule has 0 bridgehead atoms. The number of nitrogens with one attached hydrogen (secondary N) is 1. The quantitative estimate of drug-likeness (QED) is 0.232. The highest BCUT2D eigenvalue weighted by Gasteiger charge is 2.31. The largest absolute Gasteiger partial charge is 0.502 e. The summed E-state index contributed by atoms with van der Waals surface area (Å²) in [7, 11) is 1.62. The maximum absolute atomic E-state index is 12.4. The summed E-state index contributed by atoms with van der Waals surface area (Å²) >= 11 is 0. The fourth-order valence-electron chi connectivity index (χ4n) is 5.09. The molecular formula is C30H35N3O4. The van der Waals surface area contributed by atoms with Crippen molar-refractivity contribution in [1.82, 2.24) is 4.57 Å². The predicted molar refractivity (Wildman–Crippen MR) is 148 cm³/mol. The van der Waals surface area contributed by atoms with E-state index in [1.165, 1.54) is 6.42 Å². The Morgan fingerprint density at radius 2 is 1.95 bits per heavy atom. The molecule has 7 nitrogen and oxygen atoms in total. The van der Waals surface area contributed by atoms with E-state index < -0.39 is 6.09 Å². The second-order valence-corrected chi connectivity index (χ2v) is 9.84. The van der Waals surface area contributed by atoms with E-state index >= 15 is 0 Å². The highest BCUT2D eigenvalue weighted by atomic mass is 16.6. The number of benzene rings is 2. The molecule has 1 aromatic heterocycles. The first-order valence-corrected chi connectivity index (χ1v) is 13.1. The van der Waals surface area contributed by atoms with Crippen LogP contribution in [-0.2, 0) is 9.47 Å². The van der Waals surface area contributed by atoms with Crippen molar-refractivity contribution < 1.29 is 19.0 Å². The maximum Gasteiger partial charge on any atom is 0.411 e. The van der Waals surface area contributed by atoms with E-state index in [1.807, 2.05) is 44.2 Å². The van der Waals surface area contributed by atoms with Crippen LogP contribution in [0.2, 0.25) is 0 Å². The van der Waals surface area contributed by atoms with Crippen LogP contribution in [0.25, 0.3) is 27.9 Å². The summed E-state index contributed by atoms with van der Waals surface area (Å²) in [6.45, 7) is 8.38. The first-order chi connectivity index (χ1) is 18.0. The highest BCUT2D eigenvalue weighted by Crippen LogP contribution is 2.46. The Bertz CT molecular complexity index is 1320. The summed E-state index contributed by atoms with van der Waals surface area (Å²) in [6.07, 6.45) is 6.86. The number of aromatic nitrogens is 1. The van der Waals surface area contributed by atoms with Crippen LogP contribution in [0.4, 0.5) is 10.5 Å². The first-order valence-electron chi connectivity index (χ1n) is 13.1. The van der Waals surface area contributed by atoms with Gasteiger partial charge in [-0.05, 0) is 88.4 Å². The molecule has 2 aromatic carbocycles. The van der Waals surface area contributed by atoms with Gasteiger partial charge in [0.15, 0.2) is 0 Å². The number of carbonyl (C=O) groups excluding carboxylic acids is 1. The Hall–Kier alpha value is -3.74. The summed E-state index contributed by atoms with van der Waals surface area (Å²) < 4.78 is 19.2. The van der Waals surface area contributed by atoms with Crippen LogP contribution < -0.4 is 10.1 Å². The number of ether oxygens (including phenoxy) is 3. The Morgan fingerprint density at radius 1 is 1.19 bits per heavy atom. The number of rotatable bonds is 10. The van der Waals surface area contributed by atoms with Gasteiger partial charge in [0, 0.05) is 28.7 Å². The van der Waals surface area contributed by atoms with Gasteiger partial charge < -0.3 is 18.8 Å². The summed E-state index contributed by atoms with van der Waals surface area (Å²) in [5.41, 5.74) is 5.51. The lowest BCUT2D eigenvalue weighted by molar-refractivity contribution is 0.108. The Morgan fingerprint density at radius 3 is 2.54 bits per heavy atom. The second-order valence-electron chi connectivity index (χ2n) is 9.84. The topological polar surface area (TPSA) is 74.1 Å². The number of methoxy groups -OCH3 is 1. The van der Waals surface area contributed by atoms with Gasteiger partial charge >= 0.3 is 6.09 Å². The van der Waals surface area contributed by atoms with Gasteiger partial charge in [0.2, 0.25) is 0 Å². The number of carbonyl (C=O) groups is 1. The third kappa shape index (κ3) is 5.08. The molecule has 5 rings (SSSR count). The van der Waals surface area contributed by atoms with E-state index in [9.17, 15) is 4.79 Å². The minimum absolute atomic E-state index is 0.0565. The number of anilines is 1. The molecule has 2 aliphatic rings. The van der Waals surface area contributed by atoms with E-state index in [-0.39, 0.29) is 6.10 Å². The highest BCUT2D eigenvalue weighted by molar-refractivity contribution is 6.02. The molecule has 194 valence electrons. The minimum Gasteiger partial charge on any atom is -0.502 e. The molecule has 1 N–H and O–H groups in total. The Labute approximate surface area is 218 Å². The minimum atomic E-state index is -0.416. The van der Waals surface area contributed by atoms with Crippen molar-refractivity contribution in [2.24, 2.45) is 10.9 Å². The molecule has 7 heteroatoms. The zero-order chi connectivity index (χ0) is 25.9. The van der Waals surface area contributed by atoms with E-state index in [1.54, 1.807) is 13.4 Å². The van der Waals surface area contributed by atoms with E-state index in [4.69, 9.17) is 14.2 Å². The number of hydrogen-bond acceptors (Lipinski definition) is 5. The van der Waals surface area contributed by atoms with Crippen LogP contribution in [0.1, 0.15) is 57.6 Å². The van der Waals surface area contributed by atoms with Crippen LogP contribution >= 0.6 is 0 Å². The van der Waals surface area contributed by atoms with Crippen LogP contribution in [-0.4, -0.2) is 37.2 Å². The van der Waals surface area contributed by atoms with Crippen molar-refractivity contribution in [3.63, 3.8) is 0 Å². The molecule has 1 atom stereocenters. The summed E-state index contributed by atoms with van der Waals surface area (Å²) in [5.74, 6) is 1.34. The van der Waals surface area contributed by atoms with Gasteiger partial charge in [0.25, 0.3) is 0 Å². The second kappa shape index (κ2) is 10.7. The molecule has 1 unspecified atom stereocenters. The lowest BCUT2D eigenvalue weighted by atomic mass is 9.92. The van der Waals surface area contributed by atoms with Gasteiger partial charge in [-0.25, -0.2) is 4.79 Å². The summed E-state index contributed by atoms with van der Waals surface area (Å²) in [6, 6.07) is 14.5. The van der Waals surface area contributed by atoms with Crippen molar-refractivity contribution in [3.05, 3.63) is 54.3 Å². The number of fused-ring (bicyclic) bond motifs is 1. The third-order valence-corrected chi connectivity index (χ3v) is 7.37. The molecule has 3 aromatic rings. The lowest BCUT2D eigenvalue weighted by Gasteiger charge is -2.30. The smallest absolute Gasteiger partial charge is 0.411 e. The molecule has 0 spiro atoms. The van der Waals surface area contributed by atoms with Crippen molar-refractivity contribution in [1.29, 1.82) is 0 Å². The molecule has 0 aliphatic heterocycles. The molecule has 2 fully saturated rings. The molecule has 1 amide bonds. The van der Waals surface area contributed by atoms with Gasteiger partial charge in [0.05, 0.1) is 24.9 Å². The Kier molecular flexibility index (Phi) is 7.22. The zero-order valence-electron chi connectivity index (χ0n) is 21.8. The number of aliphatic imine (C=N–C) groups is 1. The predicted octanol–water partition coefficient (Wildman–Crippen LogP) is 7.42. The lowest BCUT2D eigenvalue weighted by Crippen LogP contribution is -2.21. The van der Waals surface area contributed by atoms with Gasteiger partial charge in [-0.2, -0.15) is 0 Å². The van der Waals surface area contributed by atoms with Gasteiger partial charge in [-0.15, -0.1) is 0 Å². The molecular weight excluding hydrogens is 466 g/mol. The van der Waals surface area contributed by atoms with Gasteiger partial charge in [0.1, 0.15) is 23.8 Å². The zero-order valence-corrected chi connectivity index (χ0v) is 21.8. The van der Waals surface area contributed by atoms with Gasteiger partial charge in [-0.1, -0.05) is 12.1 Å². The van der Waals surface area contributed by atoms with Crippen LogP contribution in [0.5, 0.6) is 5.75 Å². The standard InChI is InChI=1S/C30H35N3O4/c1-5-36-24-15-16-25-27(17-24)33(23-7-6-8-23)29(28(25)26(31-3)18-35-4)21-11-13-22(14-12-21)32-30(34)37-19(2)20-9-10-20/h11-20,23H,3,5-10H2,1-2,4H3,(H,32,34)/b26-18-. The van der Waals surface area contributed by atoms with Crippen molar-refractivity contribution in [2.75, 3.05) is 19.0 Å². The first kappa shape index (κ1) is 24.9. The monoisotopic (exact) mass is 501 g/mol. The maximum atomic E-state index is 12.4. The third-order valence-electron chi connectivity index (χ3n) is 7.37. The summed E-state index contributed by atoms with van der Waals surface area (Å²) in [4.78, 5) is 16.7. The summed E-state index contributed by atoms with van der Waals surface area (Å²) in [5, 5.41) is 3.94. The fourth-order valence-corrected chi connectivity index (χ4v) is 5.09. The van der Waals surface area contributed by atoms with Crippen molar-refractivity contribution in [3.8, 4) is 17.0 Å². The van der Waals surface area contributed by atoms with Crippen LogP contribution in [0.15, 0.2) is 53.7 Å². The SMILES string of the molecule is C=N/C(=C\OC)c1c(-c2ccc(NC(=O)OC(C)C3CC3)cc2)n(C2CCC2)c2cc(OCC)ccc12. The molecule has 0 radical (unpaired) electrons.